The number of halogens is 1. The van der Waals surface area contributed by atoms with Crippen LogP contribution in [0.5, 0.6) is 5.75 Å². The summed E-state index contributed by atoms with van der Waals surface area (Å²) < 4.78 is 5.53. The molecular formula is C12H11ClN2O. The van der Waals surface area contributed by atoms with Gasteiger partial charge in [0, 0.05) is 5.02 Å². The lowest BCUT2D eigenvalue weighted by Gasteiger charge is -2.05. The Labute approximate surface area is 98.8 Å². The lowest BCUT2D eigenvalue weighted by molar-refractivity contribution is 0.301. The van der Waals surface area contributed by atoms with E-state index in [0.29, 0.717) is 17.4 Å². The van der Waals surface area contributed by atoms with Gasteiger partial charge in [-0.3, -0.25) is 0 Å². The summed E-state index contributed by atoms with van der Waals surface area (Å²) in [6.07, 6.45) is 0. The molecule has 3 nitrogen and oxygen atoms in total. The minimum Gasteiger partial charge on any atom is -0.487 e. The lowest BCUT2D eigenvalue weighted by atomic mass is 10.3. The molecule has 0 aliphatic heterocycles. The minimum absolute atomic E-state index is 0.396. The van der Waals surface area contributed by atoms with Crippen LogP contribution in [0, 0.1) is 0 Å². The van der Waals surface area contributed by atoms with E-state index in [1.165, 1.54) is 0 Å². The molecule has 0 fully saturated rings. The average Bonchev–Trinajstić information content (AvgIpc) is 2.28. The third kappa shape index (κ3) is 2.87. The van der Waals surface area contributed by atoms with Gasteiger partial charge in [-0.25, -0.2) is 4.98 Å². The van der Waals surface area contributed by atoms with Crippen molar-refractivity contribution in [3.05, 3.63) is 53.2 Å². The highest BCUT2D eigenvalue weighted by Gasteiger charge is 1.97. The van der Waals surface area contributed by atoms with Gasteiger partial charge in [0.05, 0.1) is 5.69 Å². The van der Waals surface area contributed by atoms with Crippen molar-refractivity contribution in [1.82, 2.24) is 4.98 Å². The topological polar surface area (TPSA) is 48.1 Å². The van der Waals surface area contributed by atoms with Gasteiger partial charge in [-0.15, -0.1) is 0 Å². The number of anilines is 1. The Morgan fingerprint density at radius 2 is 1.88 bits per heavy atom. The molecule has 0 aliphatic rings. The van der Waals surface area contributed by atoms with Crippen LogP contribution in [0.15, 0.2) is 42.5 Å². The number of nitrogen functional groups attached to an aromatic ring is 1. The van der Waals surface area contributed by atoms with Crippen LogP contribution in [0.25, 0.3) is 0 Å². The van der Waals surface area contributed by atoms with Gasteiger partial charge in [0.2, 0.25) is 0 Å². The summed E-state index contributed by atoms with van der Waals surface area (Å²) in [5.74, 6) is 1.26. The molecule has 2 aromatic rings. The van der Waals surface area contributed by atoms with Crippen molar-refractivity contribution >= 4 is 17.4 Å². The quantitative estimate of drug-likeness (QED) is 0.888. The predicted octanol–water partition coefficient (Wildman–Crippen LogP) is 2.90. The molecule has 0 saturated carbocycles. The first-order valence-corrected chi connectivity index (χ1v) is 5.21. The largest absolute Gasteiger partial charge is 0.487 e. The van der Waals surface area contributed by atoms with E-state index in [-0.39, 0.29) is 0 Å². The zero-order valence-electron chi connectivity index (χ0n) is 8.56. The van der Waals surface area contributed by atoms with Crippen LogP contribution in [0.3, 0.4) is 0 Å². The molecule has 1 aromatic carbocycles. The predicted molar refractivity (Wildman–Crippen MR) is 64.4 cm³/mol. The first-order valence-electron chi connectivity index (χ1n) is 4.84. The molecule has 1 aromatic heterocycles. The van der Waals surface area contributed by atoms with E-state index in [0.717, 1.165) is 11.4 Å². The molecule has 0 unspecified atom stereocenters. The number of pyridine rings is 1. The second-order valence-corrected chi connectivity index (χ2v) is 3.73. The van der Waals surface area contributed by atoms with Crippen LogP contribution < -0.4 is 10.5 Å². The van der Waals surface area contributed by atoms with Crippen molar-refractivity contribution in [2.24, 2.45) is 0 Å². The van der Waals surface area contributed by atoms with Crippen molar-refractivity contribution in [3.8, 4) is 5.75 Å². The second kappa shape index (κ2) is 4.86. The van der Waals surface area contributed by atoms with Gasteiger partial charge in [-0.1, -0.05) is 17.7 Å². The monoisotopic (exact) mass is 234 g/mol. The Hall–Kier alpha value is -1.74. The molecule has 0 spiro atoms. The molecule has 0 atom stereocenters. The highest BCUT2D eigenvalue weighted by molar-refractivity contribution is 6.30. The molecule has 0 radical (unpaired) electrons. The third-order valence-electron chi connectivity index (χ3n) is 2.03. The van der Waals surface area contributed by atoms with E-state index in [4.69, 9.17) is 22.1 Å². The number of aromatic nitrogens is 1. The molecule has 0 bridgehead atoms. The van der Waals surface area contributed by atoms with Gasteiger partial charge >= 0.3 is 0 Å². The number of hydrogen-bond donors (Lipinski definition) is 1. The van der Waals surface area contributed by atoms with Crippen LogP contribution in [0.4, 0.5) is 5.82 Å². The molecule has 2 rings (SSSR count). The molecule has 0 aliphatic carbocycles. The van der Waals surface area contributed by atoms with Crippen molar-refractivity contribution in [2.45, 2.75) is 6.61 Å². The van der Waals surface area contributed by atoms with Gasteiger partial charge in [0.25, 0.3) is 0 Å². The number of benzene rings is 1. The molecule has 4 heteroatoms. The summed E-state index contributed by atoms with van der Waals surface area (Å²) in [6, 6.07) is 12.7. The molecule has 0 amide bonds. The zero-order chi connectivity index (χ0) is 11.4. The second-order valence-electron chi connectivity index (χ2n) is 3.30. The van der Waals surface area contributed by atoms with E-state index < -0.39 is 0 Å². The Balaban J connectivity index is 1.99. The number of rotatable bonds is 3. The smallest absolute Gasteiger partial charge is 0.130 e. The van der Waals surface area contributed by atoms with E-state index in [9.17, 15) is 0 Å². The van der Waals surface area contributed by atoms with E-state index >= 15 is 0 Å². The fourth-order valence-electron chi connectivity index (χ4n) is 1.27. The fraction of sp³-hybridized carbons (Fsp3) is 0.0833. The molecule has 82 valence electrons. The maximum Gasteiger partial charge on any atom is 0.130 e. The maximum absolute atomic E-state index is 5.77. The zero-order valence-corrected chi connectivity index (χ0v) is 9.32. The van der Waals surface area contributed by atoms with Crippen molar-refractivity contribution < 1.29 is 4.74 Å². The first kappa shape index (κ1) is 10.8. The van der Waals surface area contributed by atoms with Crippen LogP contribution in [-0.2, 0) is 6.61 Å². The van der Waals surface area contributed by atoms with Crippen molar-refractivity contribution in [1.29, 1.82) is 0 Å². The standard InChI is InChI=1S/C12H11ClN2O/c13-9-4-6-11(7-5-9)16-8-10-2-1-3-12(14)15-10/h1-7H,8H2,(H2,14,15). The van der Waals surface area contributed by atoms with Gasteiger partial charge in [-0.05, 0) is 36.4 Å². The van der Waals surface area contributed by atoms with Crippen molar-refractivity contribution in [3.63, 3.8) is 0 Å². The molecule has 0 saturated heterocycles. The Morgan fingerprint density at radius 1 is 1.12 bits per heavy atom. The summed E-state index contributed by atoms with van der Waals surface area (Å²) in [5.41, 5.74) is 6.36. The van der Waals surface area contributed by atoms with Gasteiger partial charge in [-0.2, -0.15) is 0 Å². The van der Waals surface area contributed by atoms with Gasteiger partial charge in [0.15, 0.2) is 0 Å². The Bertz CT molecular complexity index is 471. The summed E-state index contributed by atoms with van der Waals surface area (Å²) in [4.78, 5) is 4.13. The molecular weight excluding hydrogens is 224 g/mol. The first-order chi connectivity index (χ1) is 7.74. The van der Waals surface area contributed by atoms with E-state index in [2.05, 4.69) is 4.98 Å². The summed E-state index contributed by atoms with van der Waals surface area (Å²) >= 11 is 5.77. The fourth-order valence-corrected chi connectivity index (χ4v) is 1.39. The summed E-state index contributed by atoms with van der Waals surface area (Å²) in [5, 5.41) is 0.689. The maximum atomic E-state index is 5.77. The van der Waals surface area contributed by atoms with Crippen LogP contribution in [0.2, 0.25) is 5.02 Å². The normalized spacial score (nSPS) is 10.1. The van der Waals surface area contributed by atoms with Crippen molar-refractivity contribution in [2.75, 3.05) is 5.73 Å². The number of nitrogens with zero attached hydrogens (tertiary/aromatic N) is 1. The van der Waals surface area contributed by atoms with Crippen LogP contribution in [-0.4, -0.2) is 4.98 Å². The third-order valence-corrected chi connectivity index (χ3v) is 2.28. The molecule has 16 heavy (non-hydrogen) atoms. The Kier molecular flexibility index (Phi) is 3.27. The highest BCUT2D eigenvalue weighted by Crippen LogP contribution is 2.16. The van der Waals surface area contributed by atoms with Gasteiger partial charge < -0.3 is 10.5 Å². The van der Waals surface area contributed by atoms with Crippen LogP contribution >= 0.6 is 11.6 Å². The Morgan fingerprint density at radius 3 is 2.56 bits per heavy atom. The SMILES string of the molecule is Nc1cccc(COc2ccc(Cl)cc2)n1. The van der Waals surface area contributed by atoms with E-state index in [1.54, 1.807) is 18.2 Å². The highest BCUT2D eigenvalue weighted by atomic mass is 35.5. The van der Waals surface area contributed by atoms with Crippen LogP contribution in [0.1, 0.15) is 5.69 Å². The summed E-state index contributed by atoms with van der Waals surface area (Å²) in [7, 11) is 0. The molecule has 2 N–H and O–H groups in total. The number of hydrogen-bond acceptors (Lipinski definition) is 3. The minimum atomic E-state index is 0.396. The lowest BCUT2D eigenvalue weighted by Crippen LogP contribution is -2.00. The summed E-state index contributed by atoms with van der Waals surface area (Å²) in [6.45, 7) is 0.396. The number of ether oxygens (including phenoxy) is 1. The number of nitrogens with two attached hydrogens (primary N) is 1. The molecule has 1 heterocycles. The van der Waals surface area contributed by atoms with Gasteiger partial charge in [0.1, 0.15) is 18.2 Å². The average molecular weight is 235 g/mol. The van der Waals surface area contributed by atoms with E-state index in [1.807, 2.05) is 24.3 Å².